The summed E-state index contributed by atoms with van der Waals surface area (Å²) < 4.78 is 5.44. The second-order valence-electron chi connectivity index (χ2n) is 4.80. The summed E-state index contributed by atoms with van der Waals surface area (Å²) >= 11 is 0. The summed E-state index contributed by atoms with van der Waals surface area (Å²) in [4.78, 5) is 13.4. The minimum Gasteiger partial charge on any atom is -0.482 e. The molecule has 2 aliphatic heterocycles. The van der Waals surface area contributed by atoms with Crippen LogP contribution in [0.4, 0.5) is 11.4 Å². The summed E-state index contributed by atoms with van der Waals surface area (Å²) in [5.41, 5.74) is 3.67. The second kappa shape index (κ2) is 4.15. The highest BCUT2D eigenvalue weighted by molar-refractivity contribution is 6.02. The summed E-state index contributed by atoms with van der Waals surface area (Å²) in [6, 6.07) is 1.92. The number of carbonyl (C=O) groups excluding carboxylic acids is 1. The van der Waals surface area contributed by atoms with E-state index in [2.05, 4.69) is 10.6 Å². The maximum atomic E-state index is 11.5. The van der Waals surface area contributed by atoms with E-state index in [1.807, 2.05) is 24.8 Å². The van der Waals surface area contributed by atoms with Crippen molar-refractivity contribution in [2.45, 2.75) is 13.8 Å². The van der Waals surface area contributed by atoms with E-state index in [0.717, 1.165) is 35.6 Å². The predicted octanol–water partition coefficient (Wildman–Crippen LogP) is 0.979. The lowest BCUT2D eigenvalue weighted by Crippen LogP contribution is -2.31. The number of benzene rings is 1. The number of aryl methyl sites for hydroxylation is 1. The monoisotopic (exact) mass is 260 g/mol. The van der Waals surface area contributed by atoms with Gasteiger partial charge in [0.1, 0.15) is 5.75 Å². The first-order valence-corrected chi connectivity index (χ1v) is 6.24. The van der Waals surface area contributed by atoms with E-state index in [-0.39, 0.29) is 12.5 Å². The molecule has 3 N–H and O–H groups in total. The van der Waals surface area contributed by atoms with Crippen LogP contribution in [0.15, 0.2) is 6.07 Å². The number of amides is 1. The minimum atomic E-state index is -0.139. The Labute approximate surface area is 111 Å². The van der Waals surface area contributed by atoms with E-state index in [1.165, 1.54) is 0 Å². The molecule has 1 saturated heterocycles. The van der Waals surface area contributed by atoms with Crippen LogP contribution in [0.3, 0.4) is 0 Å². The van der Waals surface area contributed by atoms with Crippen molar-refractivity contribution in [2.75, 3.05) is 29.9 Å². The molecule has 0 spiro atoms. The molecule has 0 saturated carbocycles. The van der Waals surface area contributed by atoms with Gasteiger partial charge in [-0.15, -0.1) is 0 Å². The van der Waals surface area contributed by atoms with Gasteiger partial charge in [-0.05, 0) is 25.5 Å². The van der Waals surface area contributed by atoms with Crippen LogP contribution in [0.25, 0.3) is 0 Å². The number of fused-ring (bicyclic) bond motifs is 1. The van der Waals surface area contributed by atoms with Crippen molar-refractivity contribution in [1.29, 1.82) is 5.41 Å². The summed E-state index contributed by atoms with van der Waals surface area (Å²) in [7, 11) is 0. The Morgan fingerprint density at radius 3 is 2.89 bits per heavy atom. The number of guanidine groups is 1. The van der Waals surface area contributed by atoms with E-state index in [1.54, 1.807) is 0 Å². The first kappa shape index (κ1) is 11.8. The van der Waals surface area contributed by atoms with Crippen molar-refractivity contribution in [3.05, 3.63) is 17.2 Å². The molecule has 2 aliphatic rings. The van der Waals surface area contributed by atoms with Crippen LogP contribution < -0.4 is 20.3 Å². The molecular formula is C13H16N4O2. The van der Waals surface area contributed by atoms with Gasteiger partial charge in [-0.2, -0.15) is 0 Å². The molecular weight excluding hydrogens is 244 g/mol. The highest BCUT2D eigenvalue weighted by Gasteiger charge is 2.27. The molecule has 1 aromatic carbocycles. The Kier molecular flexibility index (Phi) is 2.58. The topological polar surface area (TPSA) is 77.5 Å². The van der Waals surface area contributed by atoms with Crippen molar-refractivity contribution >= 4 is 23.2 Å². The molecule has 2 heterocycles. The van der Waals surface area contributed by atoms with E-state index < -0.39 is 0 Å². The zero-order valence-electron chi connectivity index (χ0n) is 11.0. The van der Waals surface area contributed by atoms with Crippen molar-refractivity contribution in [3.8, 4) is 5.75 Å². The number of nitrogens with zero attached hydrogens (tertiary/aromatic N) is 1. The SMILES string of the molecule is Cc1cc2c(c(C)c1N1CCNC1=N)NC(=O)CO2. The number of nitrogens with one attached hydrogen (secondary N) is 3. The van der Waals surface area contributed by atoms with E-state index in [9.17, 15) is 4.79 Å². The quantitative estimate of drug-likeness (QED) is 0.703. The summed E-state index contributed by atoms with van der Waals surface area (Å²) in [6.07, 6.45) is 0. The molecule has 19 heavy (non-hydrogen) atoms. The molecule has 0 bridgehead atoms. The third-order valence-electron chi connectivity index (χ3n) is 3.49. The van der Waals surface area contributed by atoms with Gasteiger partial charge in [0.25, 0.3) is 5.91 Å². The van der Waals surface area contributed by atoms with Crippen LogP contribution in [-0.2, 0) is 4.79 Å². The average molecular weight is 260 g/mol. The average Bonchev–Trinajstić information content (AvgIpc) is 2.77. The Morgan fingerprint density at radius 2 is 2.21 bits per heavy atom. The van der Waals surface area contributed by atoms with Crippen molar-refractivity contribution < 1.29 is 9.53 Å². The van der Waals surface area contributed by atoms with Crippen LogP contribution >= 0.6 is 0 Å². The molecule has 6 heteroatoms. The Morgan fingerprint density at radius 1 is 1.42 bits per heavy atom. The van der Waals surface area contributed by atoms with Gasteiger partial charge in [-0.3, -0.25) is 10.2 Å². The number of rotatable bonds is 1. The maximum Gasteiger partial charge on any atom is 0.262 e. The van der Waals surface area contributed by atoms with Crippen LogP contribution in [-0.4, -0.2) is 31.6 Å². The number of hydrogen-bond donors (Lipinski definition) is 3. The molecule has 0 radical (unpaired) electrons. The highest BCUT2D eigenvalue weighted by atomic mass is 16.5. The lowest BCUT2D eigenvalue weighted by molar-refractivity contribution is -0.118. The van der Waals surface area contributed by atoms with Gasteiger partial charge >= 0.3 is 0 Å². The van der Waals surface area contributed by atoms with Gasteiger partial charge < -0.3 is 20.3 Å². The fraction of sp³-hybridized carbons (Fsp3) is 0.385. The van der Waals surface area contributed by atoms with Crippen LogP contribution in [0.1, 0.15) is 11.1 Å². The lowest BCUT2D eigenvalue weighted by atomic mass is 10.0. The minimum absolute atomic E-state index is 0.0618. The fourth-order valence-electron chi connectivity index (χ4n) is 2.66. The lowest BCUT2D eigenvalue weighted by Gasteiger charge is -2.27. The second-order valence-corrected chi connectivity index (χ2v) is 4.80. The fourth-order valence-corrected chi connectivity index (χ4v) is 2.66. The Hall–Kier alpha value is -2.24. The third kappa shape index (κ3) is 1.80. The number of hydrogen-bond acceptors (Lipinski definition) is 3. The van der Waals surface area contributed by atoms with Crippen LogP contribution in [0.2, 0.25) is 0 Å². The summed E-state index contributed by atoms with van der Waals surface area (Å²) in [6.45, 7) is 5.52. The Bertz CT molecular complexity index is 582. The first-order chi connectivity index (χ1) is 9.08. The maximum absolute atomic E-state index is 11.5. The van der Waals surface area contributed by atoms with E-state index in [4.69, 9.17) is 10.1 Å². The molecule has 1 aromatic rings. The van der Waals surface area contributed by atoms with E-state index >= 15 is 0 Å². The van der Waals surface area contributed by atoms with Crippen molar-refractivity contribution in [3.63, 3.8) is 0 Å². The van der Waals surface area contributed by atoms with E-state index in [0.29, 0.717) is 11.7 Å². The number of anilines is 2. The molecule has 0 atom stereocenters. The van der Waals surface area contributed by atoms with Gasteiger partial charge in [0.15, 0.2) is 12.6 Å². The van der Waals surface area contributed by atoms with Gasteiger partial charge in [0, 0.05) is 18.7 Å². The van der Waals surface area contributed by atoms with Crippen LogP contribution in [0, 0.1) is 19.3 Å². The van der Waals surface area contributed by atoms with Gasteiger partial charge in [-0.1, -0.05) is 0 Å². The predicted molar refractivity (Wildman–Crippen MR) is 73.1 cm³/mol. The van der Waals surface area contributed by atoms with Gasteiger partial charge in [-0.25, -0.2) is 0 Å². The highest BCUT2D eigenvalue weighted by Crippen LogP contribution is 2.40. The summed E-state index contributed by atoms with van der Waals surface area (Å²) in [5.74, 6) is 0.964. The zero-order chi connectivity index (χ0) is 13.6. The summed E-state index contributed by atoms with van der Waals surface area (Å²) in [5, 5.41) is 13.8. The molecule has 0 unspecified atom stereocenters. The standard InChI is InChI=1S/C13H16N4O2/c1-7-5-9-11(16-10(18)6-19-9)8(2)12(7)17-4-3-15-13(17)14/h5H,3-4,6H2,1-2H3,(H2,14,15)(H,16,18). The van der Waals surface area contributed by atoms with Crippen molar-refractivity contribution in [1.82, 2.24) is 5.32 Å². The van der Waals surface area contributed by atoms with Gasteiger partial charge in [0.2, 0.25) is 0 Å². The van der Waals surface area contributed by atoms with Crippen molar-refractivity contribution in [2.24, 2.45) is 0 Å². The van der Waals surface area contributed by atoms with Crippen LogP contribution in [0.5, 0.6) is 5.75 Å². The van der Waals surface area contributed by atoms with Gasteiger partial charge in [0.05, 0.1) is 11.4 Å². The number of carbonyl (C=O) groups is 1. The number of ether oxygens (including phenoxy) is 1. The normalized spacial score (nSPS) is 17.7. The molecule has 3 rings (SSSR count). The Balaban J connectivity index is 2.12. The first-order valence-electron chi connectivity index (χ1n) is 6.24. The molecule has 6 nitrogen and oxygen atoms in total. The third-order valence-corrected chi connectivity index (χ3v) is 3.49. The molecule has 0 aliphatic carbocycles. The molecule has 100 valence electrons. The smallest absolute Gasteiger partial charge is 0.262 e. The molecule has 1 amide bonds. The molecule has 1 fully saturated rings. The largest absolute Gasteiger partial charge is 0.482 e. The molecule has 0 aromatic heterocycles. The zero-order valence-corrected chi connectivity index (χ0v) is 11.0.